The van der Waals surface area contributed by atoms with E-state index in [1.165, 1.54) is 0 Å². The molecule has 0 amide bonds. The van der Waals surface area contributed by atoms with E-state index in [4.69, 9.17) is 0 Å². The van der Waals surface area contributed by atoms with Crippen LogP contribution in [0.1, 0.15) is 23.2 Å². The van der Waals surface area contributed by atoms with Crippen molar-refractivity contribution in [2.24, 2.45) is 5.92 Å². The minimum atomic E-state index is -0.658. The highest BCUT2D eigenvalue weighted by molar-refractivity contribution is 6.02. The van der Waals surface area contributed by atoms with Crippen molar-refractivity contribution in [1.82, 2.24) is 0 Å². The number of nitrogens with zero attached hydrogens (tertiary/aromatic N) is 1. The predicted octanol–water partition coefficient (Wildman–Crippen LogP) is 2.33. The molecule has 0 radical (unpaired) electrons. The molecule has 1 fully saturated rings. The van der Waals surface area contributed by atoms with Crippen LogP contribution in [0.25, 0.3) is 0 Å². The molecule has 5 heteroatoms. The molecule has 15 heavy (non-hydrogen) atoms. The van der Waals surface area contributed by atoms with Crippen molar-refractivity contribution >= 4 is 11.5 Å². The second-order valence-electron chi connectivity index (χ2n) is 3.56. The third-order valence-electron chi connectivity index (χ3n) is 2.37. The maximum Gasteiger partial charge on any atom is 0.280 e. The zero-order valence-corrected chi connectivity index (χ0v) is 7.77. The third kappa shape index (κ3) is 1.86. The lowest BCUT2D eigenvalue weighted by Gasteiger charge is -2.00. The van der Waals surface area contributed by atoms with Crippen molar-refractivity contribution < 1.29 is 14.1 Å². The first-order chi connectivity index (χ1) is 7.09. The molecule has 2 rings (SSSR count). The summed E-state index contributed by atoms with van der Waals surface area (Å²) in [5, 5.41) is 10.6. The van der Waals surface area contributed by atoms with Crippen LogP contribution >= 0.6 is 0 Å². The van der Waals surface area contributed by atoms with Crippen LogP contribution in [0.2, 0.25) is 0 Å². The number of hydrogen-bond acceptors (Lipinski definition) is 3. The van der Waals surface area contributed by atoms with Gasteiger partial charge in [-0.1, -0.05) is 0 Å². The Morgan fingerprint density at radius 1 is 1.47 bits per heavy atom. The van der Waals surface area contributed by atoms with Gasteiger partial charge in [0.15, 0.2) is 5.78 Å². The molecule has 78 valence electrons. The van der Waals surface area contributed by atoms with Crippen LogP contribution in [-0.2, 0) is 0 Å². The molecule has 0 bridgehead atoms. The smallest absolute Gasteiger partial charge is 0.280 e. The Bertz CT molecular complexity index is 440. The maximum absolute atomic E-state index is 12.9. The summed E-state index contributed by atoms with van der Waals surface area (Å²) in [4.78, 5) is 21.6. The Balaban J connectivity index is 2.46. The van der Waals surface area contributed by atoms with E-state index < -0.39 is 10.7 Å². The number of rotatable bonds is 3. The number of carbonyl (C=O) groups excluding carboxylic acids is 1. The number of ketones is 1. The molecule has 1 aliphatic carbocycles. The second-order valence-corrected chi connectivity index (χ2v) is 3.56. The first-order valence-electron chi connectivity index (χ1n) is 4.58. The quantitative estimate of drug-likeness (QED) is 0.436. The number of Topliss-reactive ketones (excluding diaryl/α,β-unsaturated/α-hetero) is 1. The number of nitro groups is 1. The summed E-state index contributed by atoms with van der Waals surface area (Å²) in [6.07, 6.45) is 1.49. The molecule has 0 heterocycles. The van der Waals surface area contributed by atoms with Crippen LogP contribution in [0.5, 0.6) is 0 Å². The summed E-state index contributed by atoms with van der Waals surface area (Å²) in [5.41, 5.74) is -0.421. The Morgan fingerprint density at radius 2 is 2.13 bits per heavy atom. The highest BCUT2D eigenvalue weighted by Gasteiger charge is 2.34. The summed E-state index contributed by atoms with van der Waals surface area (Å²) < 4.78 is 12.9. The fourth-order valence-electron chi connectivity index (χ4n) is 1.43. The van der Waals surface area contributed by atoms with Crippen molar-refractivity contribution in [3.63, 3.8) is 0 Å². The van der Waals surface area contributed by atoms with E-state index in [0.717, 1.165) is 31.0 Å². The summed E-state index contributed by atoms with van der Waals surface area (Å²) in [5.74, 6) is -1.09. The van der Waals surface area contributed by atoms with Gasteiger partial charge < -0.3 is 0 Å². The number of carbonyl (C=O) groups is 1. The van der Waals surface area contributed by atoms with E-state index in [1.807, 2.05) is 0 Å². The van der Waals surface area contributed by atoms with Crippen LogP contribution in [0, 0.1) is 21.8 Å². The molecule has 0 spiro atoms. The zero-order valence-electron chi connectivity index (χ0n) is 7.77. The van der Waals surface area contributed by atoms with Crippen molar-refractivity contribution in [2.45, 2.75) is 12.8 Å². The van der Waals surface area contributed by atoms with Crippen LogP contribution in [0.3, 0.4) is 0 Å². The Labute approximate surface area is 84.9 Å². The molecule has 0 N–H and O–H groups in total. The van der Waals surface area contributed by atoms with Gasteiger partial charge in [-0.05, 0) is 25.0 Å². The average Bonchev–Trinajstić information content (AvgIpc) is 2.99. The normalized spacial score (nSPS) is 15.0. The van der Waals surface area contributed by atoms with Gasteiger partial charge in [-0.25, -0.2) is 4.39 Å². The van der Waals surface area contributed by atoms with Gasteiger partial charge in [0.25, 0.3) is 5.69 Å². The van der Waals surface area contributed by atoms with E-state index in [0.29, 0.717) is 0 Å². The lowest BCUT2D eigenvalue weighted by atomic mass is 10.1. The van der Waals surface area contributed by atoms with Crippen molar-refractivity contribution in [3.8, 4) is 0 Å². The minimum absolute atomic E-state index is 0.109. The topological polar surface area (TPSA) is 60.2 Å². The predicted molar refractivity (Wildman–Crippen MR) is 50.1 cm³/mol. The van der Waals surface area contributed by atoms with Gasteiger partial charge in [0.1, 0.15) is 5.82 Å². The van der Waals surface area contributed by atoms with E-state index in [1.54, 1.807) is 0 Å². The number of nitro benzene ring substituents is 1. The van der Waals surface area contributed by atoms with E-state index in [2.05, 4.69) is 0 Å². The van der Waals surface area contributed by atoms with Gasteiger partial charge in [0.2, 0.25) is 0 Å². The molecular weight excluding hydrogens is 201 g/mol. The largest absolute Gasteiger partial charge is 0.294 e. The lowest BCUT2D eigenvalue weighted by Crippen LogP contribution is -2.06. The molecule has 4 nitrogen and oxygen atoms in total. The summed E-state index contributed by atoms with van der Waals surface area (Å²) >= 11 is 0. The van der Waals surface area contributed by atoms with Gasteiger partial charge in [0, 0.05) is 12.0 Å². The fourth-order valence-corrected chi connectivity index (χ4v) is 1.43. The first kappa shape index (κ1) is 9.76. The minimum Gasteiger partial charge on any atom is -0.294 e. The summed E-state index contributed by atoms with van der Waals surface area (Å²) in [7, 11) is 0. The van der Waals surface area contributed by atoms with Gasteiger partial charge in [-0.15, -0.1) is 0 Å². The fraction of sp³-hybridized carbons (Fsp3) is 0.300. The third-order valence-corrected chi connectivity index (χ3v) is 2.37. The Hall–Kier alpha value is -1.78. The molecular formula is C10H8FNO3. The van der Waals surface area contributed by atoms with Crippen LogP contribution < -0.4 is 0 Å². The van der Waals surface area contributed by atoms with Crippen LogP contribution in [-0.4, -0.2) is 10.7 Å². The van der Waals surface area contributed by atoms with Gasteiger partial charge in [-0.3, -0.25) is 14.9 Å². The average molecular weight is 209 g/mol. The highest BCUT2D eigenvalue weighted by atomic mass is 19.1. The monoisotopic (exact) mass is 209 g/mol. The molecule has 0 aromatic heterocycles. The number of benzene rings is 1. The van der Waals surface area contributed by atoms with Crippen LogP contribution in [0.4, 0.5) is 10.1 Å². The second kappa shape index (κ2) is 3.42. The standard InChI is InChI=1S/C10H8FNO3/c11-7-3-4-9(12(14)15)8(5-7)10(13)6-1-2-6/h3-6H,1-2H2. The van der Waals surface area contributed by atoms with E-state index >= 15 is 0 Å². The Morgan fingerprint density at radius 3 is 2.67 bits per heavy atom. The number of halogens is 1. The molecule has 1 aliphatic rings. The first-order valence-corrected chi connectivity index (χ1v) is 4.58. The van der Waals surface area contributed by atoms with Crippen molar-refractivity contribution in [1.29, 1.82) is 0 Å². The molecule has 1 saturated carbocycles. The summed E-state index contributed by atoms with van der Waals surface area (Å²) in [6.45, 7) is 0. The van der Waals surface area contributed by atoms with Gasteiger partial charge in [-0.2, -0.15) is 0 Å². The summed E-state index contributed by atoms with van der Waals surface area (Å²) in [6, 6.07) is 2.96. The molecule has 0 aliphatic heterocycles. The molecule has 0 unspecified atom stereocenters. The van der Waals surface area contributed by atoms with Crippen molar-refractivity contribution in [2.75, 3.05) is 0 Å². The molecule has 1 aromatic carbocycles. The number of hydrogen-bond donors (Lipinski definition) is 0. The molecule has 0 saturated heterocycles. The lowest BCUT2D eigenvalue weighted by molar-refractivity contribution is -0.385. The molecule has 1 aromatic rings. The van der Waals surface area contributed by atoms with E-state index in [9.17, 15) is 19.3 Å². The van der Waals surface area contributed by atoms with Gasteiger partial charge >= 0.3 is 0 Å². The maximum atomic E-state index is 12.9. The van der Waals surface area contributed by atoms with Crippen molar-refractivity contribution in [3.05, 3.63) is 39.7 Å². The van der Waals surface area contributed by atoms with E-state index in [-0.39, 0.29) is 23.0 Å². The Kier molecular flexibility index (Phi) is 2.22. The van der Waals surface area contributed by atoms with Crippen LogP contribution in [0.15, 0.2) is 18.2 Å². The highest BCUT2D eigenvalue weighted by Crippen LogP contribution is 2.35. The zero-order chi connectivity index (χ0) is 11.0. The SMILES string of the molecule is O=C(c1cc(F)ccc1[N+](=O)[O-])C1CC1. The molecule has 0 atom stereocenters. The van der Waals surface area contributed by atoms with Gasteiger partial charge in [0.05, 0.1) is 10.5 Å².